The van der Waals surface area contributed by atoms with E-state index < -0.39 is 5.97 Å². The zero-order valence-electron chi connectivity index (χ0n) is 14.5. The SMILES string of the molecule is CCc1ccc2nc(-c3ccc(-c4cccc(F)c4)o3)cc(C(=O)[O-])c2c1. The molecule has 0 saturated carbocycles. The van der Waals surface area contributed by atoms with E-state index in [9.17, 15) is 14.3 Å². The van der Waals surface area contributed by atoms with Gasteiger partial charge in [-0.1, -0.05) is 25.1 Å². The van der Waals surface area contributed by atoms with Crippen LogP contribution in [0.4, 0.5) is 4.39 Å². The minimum atomic E-state index is -1.27. The van der Waals surface area contributed by atoms with Crippen LogP contribution < -0.4 is 5.11 Å². The summed E-state index contributed by atoms with van der Waals surface area (Å²) in [5.41, 5.74) is 2.61. The van der Waals surface area contributed by atoms with E-state index in [0.29, 0.717) is 33.7 Å². The molecule has 0 atom stereocenters. The van der Waals surface area contributed by atoms with Gasteiger partial charge in [-0.15, -0.1) is 0 Å². The second-order valence-electron chi connectivity index (χ2n) is 6.22. The van der Waals surface area contributed by atoms with E-state index in [-0.39, 0.29) is 11.4 Å². The minimum Gasteiger partial charge on any atom is -0.545 e. The largest absolute Gasteiger partial charge is 0.545 e. The van der Waals surface area contributed by atoms with Gasteiger partial charge in [-0.2, -0.15) is 0 Å². The summed E-state index contributed by atoms with van der Waals surface area (Å²) in [6, 6.07) is 16.4. The van der Waals surface area contributed by atoms with Crippen molar-refractivity contribution in [2.45, 2.75) is 13.3 Å². The third-order valence-corrected chi connectivity index (χ3v) is 4.47. The van der Waals surface area contributed by atoms with Crippen LogP contribution in [0.15, 0.2) is 65.1 Å². The molecule has 4 aromatic rings. The first-order valence-electron chi connectivity index (χ1n) is 8.56. The molecule has 4 nitrogen and oxygen atoms in total. The highest BCUT2D eigenvalue weighted by Gasteiger charge is 2.13. The first kappa shape index (κ1) is 17.0. The van der Waals surface area contributed by atoms with Crippen molar-refractivity contribution in [3.63, 3.8) is 0 Å². The van der Waals surface area contributed by atoms with E-state index in [0.717, 1.165) is 12.0 Å². The number of hydrogen-bond acceptors (Lipinski definition) is 4. The van der Waals surface area contributed by atoms with E-state index in [1.165, 1.54) is 18.2 Å². The van der Waals surface area contributed by atoms with Crippen LogP contribution in [-0.4, -0.2) is 11.0 Å². The molecule has 0 aliphatic heterocycles. The molecule has 2 aromatic heterocycles. The highest BCUT2D eigenvalue weighted by Crippen LogP contribution is 2.30. The minimum absolute atomic E-state index is 0.0639. The van der Waals surface area contributed by atoms with E-state index in [1.807, 2.05) is 19.1 Å². The molecule has 5 heteroatoms. The number of nitrogens with zero attached hydrogens (tertiary/aromatic N) is 1. The van der Waals surface area contributed by atoms with Crippen LogP contribution in [0.1, 0.15) is 22.8 Å². The number of aromatic carboxylic acids is 1. The second-order valence-corrected chi connectivity index (χ2v) is 6.22. The maximum absolute atomic E-state index is 13.4. The third kappa shape index (κ3) is 3.19. The Hall–Kier alpha value is -3.47. The Labute approximate surface area is 154 Å². The Morgan fingerprint density at radius 3 is 2.63 bits per heavy atom. The summed E-state index contributed by atoms with van der Waals surface area (Å²) in [7, 11) is 0. The fourth-order valence-corrected chi connectivity index (χ4v) is 3.06. The highest BCUT2D eigenvalue weighted by molar-refractivity contribution is 6.03. The number of carbonyl (C=O) groups is 1. The lowest BCUT2D eigenvalue weighted by Crippen LogP contribution is -2.22. The zero-order valence-corrected chi connectivity index (χ0v) is 14.5. The molecule has 0 aliphatic carbocycles. The molecule has 0 saturated heterocycles. The molecule has 0 aliphatic rings. The number of pyridine rings is 1. The summed E-state index contributed by atoms with van der Waals surface area (Å²) in [6.45, 7) is 2.00. The Kier molecular flexibility index (Phi) is 4.20. The normalized spacial score (nSPS) is 11.0. The number of furan rings is 1. The number of aryl methyl sites for hydroxylation is 1. The number of rotatable bonds is 4. The highest BCUT2D eigenvalue weighted by atomic mass is 19.1. The summed E-state index contributed by atoms with van der Waals surface area (Å²) in [6.07, 6.45) is 0.791. The van der Waals surface area contributed by atoms with Gasteiger partial charge < -0.3 is 14.3 Å². The first-order valence-corrected chi connectivity index (χ1v) is 8.56. The lowest BCUT2D eigenvalue weighted by Gasteiger charge is -2.10. The van der Waals surface area contributed by atoms with E-state index in [4.69, 9.17) is 4.42 Å². The van der Waals surface area contributed by atoms with Crippen molar-refractivity contribution < 1.29 is 18.7 Å². The Morgan fingerprint density at radius 1 is 1.07 bits per heavy atom. The molecule has 0 radical (unpaired) electrons. The molecule has 0 unspecified atom stereocenters. The zero-order chi connectivity index (χ0) is 19.0. The standard InChI is InChI=1S/C22H16FNO3/c1-2-13-6-7-18-16(10-13)17(22(25)26)12-19(24-18)21-9-8-20(27-21)14-4-3-5-15(23)11-14/h3-12H,2H2,1H3,(H,25,26)/p-1. The smallest absolute Gasteiger partial charge is 0.153 e. The Bertz CT molecular complexity index is 1160. The molecular formula is C22H15FNO3-. The van der Waals surface area contributed by atoms with Gasteiger partial charge in [-0.3, -0.25) is 0 Å². The lowest BCUT2D eigenvalue weighted by molar-refractivity contribution is -0.254. The van der Waals surface area contributed by atoms with Crippen LogP contribution in [0.2, 0.25) is 0 Å². The average Bonchev–Trinajstić information content (AvgIpc) is 3.17. The van der Waals surface area contributed by atoms with Gasteiger partial charge in [0, 0.05) is 16.5 Å². The topological polar surface area (TPSA) is 66.2 Å². The quantitative estimate of drug-likeness (QED) is 0.546. The third-order valence-electron chi connectivity index (χ3n) is 4.47. The summed E-state index contributed by atoms with van der Waals surface area (Å²) in [5.74, 6) is -0.755. The number of hydrogen-bond donors (Lipinski definition) is 0. The van der Waals surface area contributed by atoms with Crippen molar-refractivity contribution in [3.05, 3.63) is 77.6 Å². The van der Waals surface area contributed by atoms with E-state index >= 15 is 0 Å². The number of carbonyl (C=O) groups excluding carboxylic acids is 1. The number of carboxylic acid groups (broad SMARTS) is 1. The van der Waals surface area contributed by atoms with Crippen molar-refractivity contribution >= 4 is 16.9 Å². The van der Waals surface area contributed by atoms with Gasteiger partial charge in [-0.25, -0.2) is 9.37 Å². The fourth-order valence-electron chi connectivity index (χ4n) is 3.06. The van der Waals surface area contributed by atoms with E-state index in [1.54, 1.807) is 30.3 Å². The Balaban J connectivity index is 1.84. The fraction of sp³-hybridized carbons (Fsp3) is 0.0909. The molecule has 0 amide bonds. The van der Waals surface area contributed by atoms with Crippen LogP contribution in [0, 0.1) is 5.82 Å². The van der Waals surface area contributed by atoms with Crippen molar-refractivity contribution in [1.29, 1.82) is 0 Å². The molecule has 0 N–H and O–H groups in total. The number of halogens is 1. The van der Waals surface area contributed by atoms with Crippen LogP contribution in [0.3, 0.4) is 0 Å². The number of aromatic nitrogens is 1. The van der Waals surface area contributed by atoms with Crippen molar-refractivity contribution in [2.24, 2.45) is 0 Å². The van der Waals surface area contributed by atoms with Crippen LogP contribution in [0.25, 0.3) is 33.7 Å². The average molecular weight is 360 g/mol. The molecule has 2 heterocycles. The maximum atomic E-state index is 13.4. The first-order chi connectivity index (χ1) is 13.0. The molecule has 0 bridgehead atoms. The van der Waals surface area contributed by atoms with Crippen LogP contribution >= 0.6 is 0 Å². The summed E-state index contributed by atoms with van der Waals surface area (Å²) >= 11 is 0. The molecule has 0 spiro atoms. The summed E-state index contributed by atoms with van der Waals surface area (Å²) in [4.78, 5) is 16.2. The van der Waals surface area contributed by atoms with Gasteiger partial charge >= 0.3 is 0 Å². The van der Waals surface area contributed by atoms with Crippen LogP contribution in [0.5, 0.6) is 0 Å². The molecule has 0 fully saturated rings. The van der Waals surface area contributed by atoms with Gasteiger partial charge in [0.2, 0.25) is 0 Å². The predicted octanol–water partition coefficient (Wildman–Crippen LogP) is 4.23. The van der Waals surface area contributed by atoms with E-state index in [2.05, 4.69) is 4.98 Å². The van der Waals surface area contributed by atoms with Gasteiger partial charge in [0.05, 0.1) is 11.5 Å². The van der Waals surface area contributed by atoms with Gasteiger partial charge in [0.25, 0.3) is 0 Å². The van der Waals surface area contributed by atoms with Crippen LogP contribution in [-0.2, 0) is 6.42 Å². The molecule has 134 valence electrons. The van der Waals surface area contributed by atoms with Gasteiger partial charge in [0.15, 0.2) is 5.76 Å². The van der Waals surface area contributed by atoms with Gasteiger partial charge in [-0.05, 0) is 54.4 Å². The maximum Gasteiger partial charge on any atom is 0.153 e. The predicted molar refractivity (Wildman–Crippen MR) is 98.5 cm³/mol. The number of benzene rings is 2. The van der Waals surface area contributed by atoms with Crippen molar-refractivity contribution in [1.82, 2.24) is 4.98 Å². The lowest BCUT2D eigenvalue weighted by atomic mass is 10.0. The molecule has 27 heavy (non-hydrogen) atoms. The number of carboxylic acids is 1. The summed E-state index contributed by atoms with van der Waals surface area (Å²) in [5, 5.41) is 12.2. The van der Waals surface area contributed by atoms with Crippen molar-refractivity contribution in [2.75, 3.05) is 0 Å². The van der Waals surface area contributed by atoms with Gasteiger partial charge in [0.1, 0.15) is 17.3 Å². The molecular weight excluding hydrogens is 345 g/mol. The number of fused-ring (bicyclic) bond motifs is 1. The van der Waals surface area contributed by atoms with Crippen molar-refractivity contribution in [3.8, 4) is 22.8 Å². The molecule has 4 rings (SSSR count). The molecule has 2 aromatic carbocycles. The summed E-state index contributed by atoms with van der Waals surface area (Å²) < 4.78 is 19.2. The Morgan fingerprint density at radius 2 is 1.89 bits per heavy atom. The monoisotopic (exact) mass is 360 g/mol. The second kappa shape index (κ2) is 6.68.